The maximum Gasteiger partial charge on any atom is 0.267 e. The summed E-state index contributed by atoms with van der Waals surface area (Å²) in [4.78, 5) is 17.0. The number of carbonyl (C=O) groups excluding carboxylic acids is 1. The van der Waals surface area contributed by atoms with E-state index in [2.05, 4.69) is 9.88 Å². The van der Waals surface area contributed by atoms with Crippen molar-refractivity contribution >= 4 is 21.6 Å². The quantitative estimate of drug-likeness (QED) is 0.615. The van der Waals surface area contributed by atoms with E-state index in [0.717, 1.165) is 0 Å². The number of aliphatic hydroxyl groups excluding tert-OH is 1. The number of ether oxygens (including phenoxy) is 1. The Morgan fingerprint density at radius 2 is 2.03 bits per heavy atom. The van der Waals surface area contributed by atoms with Gasteiger partial charge in [-0.2, -0.15) is 0 Å². The van der Waals surface area contributed by atoms with Gasteiger partial charge in [0.05, 0.1) is 23.9 Å². The Balaban J connectivity index is 2.12. The van der Waals surface area contributed by atoms with Gasteiger partial charge in [-0.25, -0.2) is 8.42 Å². The van der Waals surface area contributed by atoms with Crippen LogP contribution in [0.15, 0.2) is 27.6 Å². The average Bonchev–Trinajstić information content (AvgIpc) is 3.09. The fourth-order valence-corrected chi connectivity index (χ4v) is 5.35. The fraction of sp³-hybridized carbons (Fsp3) is 0.545. The van der Waals surface area contributed by atoms with Crippen LogP contribution in [0.5, 0.6) is 5.75 Å². The SMILES string of the molecule is Cc1noc(C)c1S(=O)(=O)Nc1cccc2c1O[C@H](CN(C)C)[C@H](C)CN([C@H](C)CO)C2=O. The molecule has 1 aliphatic heterocycles. The number of nitrogens with zero attached hydrogens (tertiary/aromatic N) is 3. The van der Waals surface area contributed by atoms with Gasteiger partial charge in [-0.3, -0.25) is 9.52 Å². The van der Waals surface area contributed by atoms with Gasteiger partial charge >= 0.3 is 0 Å². The summed E-state index contributed by atoms with van der Waals surface area (Å²) in [7, 11) is -0.218. The van der Waals surface area contributed by atoms with Gasteiger partial charge in [0, 0.05) is 19.0 Å². The number of nitrogens with one attached hydrogen (secondary N) is 1. The lowest BCUT2D eigenvalue weighted by atomic mass is 9.99. The van der Waals surface area contributed by atoms with Crippen molar-refractivity contribution in [2.75, 3.05) is 38.5 Å². The van der Waals surface area contributed by atoms with E-state index < -0.39 is 16.1 Å². The third-order valence-electron chi connectivity index (χ3n) is 5.72. The summed E-state index contributed by atoms with van der Waals surface area (Å²) in [6, 6.07) is 4.35. The van der Waals surface area contributed by atoms with Crippen LogP contribution in [0.4, 0.5) is 5.69 Å². The van der Waals surface area contributed by atoms with Crippen LogP contribution in [-0.2, 0) is 10.0 Å². The van der Waals surface area contributed by atoms with Crippen LogP contribution in [-0.4, -0.2) is 80.3 Å². The van der Waals surface area contributed by atoms with Gasteiger partial charge in [-0.1, -0.05) is 18.1 Å². The van der Waals surface area contributed by atoms with Crippen LogP contribution >= 0.6 is 0 Å². The molecule has 2 N–H and O–H groups in total. The molecule has 1 aliphatic rings. The Hall–Kier alpha value is -2.63. The minimum atomic E-state index is -4.05. The summed E-state index contributed by atoms with van der Waals surface area (Å²) >= 11 is 0. The second-order valence-corrected chi connectivity index (χ2v) is 10.4. The minimum absolute atomic E-state index is 0.0500. The molecule has 3 rings (SSSR count). The Morgan fingerprint density at radius 3 is 2.61 bits per heavy atom. The summed E-state index contributed by atoms with van der Waals surface area (Å²) in [5.74, 6) is -0.0879. The Morgan fingerprint density at radius 1 is 1.33 bits per heavy atom. The molecule has 2 aromatic rings. The molecule has 0 aliphatic carbocycles. The van der Waals surface area contributed by atoms with E-state index in [1.165, 1.54) is 6.92 Å². The van der Waals surface area contributed by atoms with Crippen LogP contribution in [0.1, 0.15) is 35.7 Å². The summed E-state index contributed by atoms with van der Waals surface area (Å²) < 4.78 is 40.2. The first-order chi connectivity index (χ1) is 15.5. The molecule has 0 bridgehead atoms. The molecule has 3 atom stereocenters. The van der Waals surface area contributed by atoms with E-state index in [9.17, 15) is 18.3 Å². The summed E-state index contributed by atoms with van der Waals surface area (Å²) in [6.07, 6.45) is -0.329. The predicted molar refractivity (Wildman–Crippen MR) is 123 cm³/mol. The molecule has 0 fully saturated rings. The molecular weight excluding hydrogens is 448 g/mol. The van der Waals surface area contributed by atoms with Gasteiger partial charge in [0.1, 0.15) is 11.8 Å². The molecule has 10 nitrogen and oxygen atoms in total. The van der Waals surface area contributed by atoms with Crippen LogP contribution in [0.2, 0.25) is 0 Å². The van der Waals surface area contributed by atoms with Gasteiger partial charge < -0.3 is 24.2 Å². The fourth-order valence-electron chi connectivity index (χ4n) is 3.96. The van der Waals surface area contributed by atoms with Crippen molar-refractivity contribution in [3.63, 3.8) is 0 Å². The van der Waals surface area contributed by atoms with Gasteiger partial charge in [0.15, 0.2) is 16.4 Å². The number of hydrogen-bond donors (Lipinski definition) is 2. The molecule has 0 saturated heterocycles. The number of aliphatic hydroxyl groups is 1. The monoisotopic (exact) mass is 480 g/mol. The molecule has 1 aromatic carbocycles. The number of aryl methyl sites for hydroxylation is 2. The number of carbonyl (C=O) groups is 1. The minimum Gasteiger partial charge on any atom is -0.486 e. The van der Waals surface area contributed by atoms with Gasteiger partial charge in [0.25, 0.3) is 15.9 Å². The zero-order valence-corrected chi connectivity index (χ0v) is 20.6. The molecule has 1 amide bonds. The van der Waals surface area contributed by atoms with Gasteiger partial charge in [0.2, 0.25) is 0 Å². The highest BCUT2D eigenvalue weighted by Crippen LogP contribution is 2.36. The second kappa shape index (κ2) is 9.70. The van der Waals surface area contributed by atoms with Crippen molar-refractivity contribution in [1.29, 1.82) is 0 Å². The first-order valence-electron chi connectivity index (χ1n) is 10.8. The van der Waals surface area contributed by atoms with Crippen molar-refractivity contribution in [3.8, 4) is 5.75 Å². The molecular formula is C22H32N4O6S. The highest BCUT2D eigenvalue weighted by atomic mass is 32.2. The third kappa shape index (κ3) is 5.15. The molecule has 1 aromatic heterocycles. The zero-order valence-electron chi connectivity index (χ0n) is 19.8. The van der Waals surface area contributed by atoms with Crippen molar-refractivity contribution in [1.82, 2.24) is 15.0 Å². The molecule has 0 saturated carbocycles. The summed E-state index contributed by atoms with van der Waals surface area (Å²) in [5.41, 5.74) is 0.609. The van der Waals surface area contributed by atoms with Crippen LogP contribution in [0, 0.1) is 19.8 Å². The lowest BCUT2D eigenvalue weighted by Crippen LogP contribution is -2.49. The molecule has 0 radical (unpaired) electrons. The first-order valence-corrected chi connectivity index (χ1v) is 12.3. The number of amides is 1. The average molecular weight is 481 g/mol. The largest absolute Gasteiger partial charge is 0.486 e. The molecule has 11 heteroatoms. The van der Waals surface area contributed by atoms with Crippen molar-refractivity contribution < 1.29 is 27.6 Å². The lowest BCUT2D eigenvalue weighted by Gasteiger charge is -2.38. The number of anilines is 1. The summed E-state index contributed by atoms with van der Waals surface area (Å²) in [6.45, 7) is 7.58. The van der Waals surface area contributed by atoms with Crippen LogP contribution in [0.25, 0.3) is 0 Å². The third-order valence-corrected chi connectivity index (χ3v) is 7.33. The van der Waals surface area contributed by atoms with Crippen molar-refractivity contribution in [2.24, 2.45) is 5.92 Å². The second-order valence-electron chi connectivity index (χ2n) is 8.83. The number of aromatic nitrogens is 1. The Labute approximate surface area is 194 Å². The van der Waals surface area contributed by atoms with Gasteiger partial charge in [-0.15, -0.1) is 0 Å². The lowest BCUT2D eigenvalue weighted by molar-refractivity contribution is 0.0366. The highest BCUT2D eigenvalue weighted by Gasteiger charge is 2.35. The highest BCUT2D eigenvalue weighted by molar-refractivity contribution is 7.92. The first kappa shape index (κ1) is 25.0. The number of para-hydroxylation sites is 1. The predicted octanol–water partition coefficient (Wildman–Crippen LogP) is 1.87. The molecule has 2 heterocycles. The Bertz CT molecular complexity index is 1090. The Kier molecular flexibility index (Phi) is 7.35. The van der Waals surface area contributed by atoms with E-state index in [4.69, 9.17) is 9.26 Å². The van der Waals surface area contributed by atoms with E-state index in [1.54, 1.807) is 36.9 Å². The van der Waals surface area contributed by atoms with Crippen LogP contribution < -0.4 is 9.46 Å². The van der Waals surface area contributed by atoms with Crippen molar-refractivity contribution in [3.05, 3.63) is 35.2 Å². The topological polar surface area (TPSA) is 125 Å². The molecule has 182 valence electrons. The van der Waals surface area contributed by atoms with E-state index >= 15 is 0 Å². The molecule has 0 spiro atoms. The van der Waals surface area contributed by atoms with Crippen LogP contribution in [0.3, 0.4) is 0 Å². The van der Waals surface area contributed by atoms with Crippen molar-refractivity contribution in [2.45, 2.75) is 44.7 Å². The standard InChI is InChI=1S/C22H32N4O6S/c1-13-10-26(14(2)12-27)22(28)17-8-7-9-18(20(17)31-19(13)11-25(5)6)24-33(29,30)21-15(3)23-32-16(21)4/h7-9,13-14,19,24,27H,10-12H2,1-6H3/t13-,14-,19-/m1/s1. The van der Waals surface area contributed by atoms with E-state index in [1.807, 2.05) is 25.9 Å². The number of fused-ring (bicyclic) bond motifs is 1. The maximum absolute atomic E-state index is 13.4. The normalized spacial score (nSPS) is 20.1. The van der Waals surface area contributed by atoms with E-state index in [0.29, 0.717) is 13.1 Å². The number of likely N-dealkylation sites (N-methyl/N-ethyl adjacent to an activating group) is 1. The summed E-state index contributed by atoms with van der Waals surface area (Å²) in [5, 5.41) is 13.5. The number of hydrogen-bond acceptors (Lipinski definition) is 8. The van der Waals surface area contributed by atoms with E-state index in [-0.39, 0.29) is 57.9 Å². The molecule has 33 heavy (non-hydrogen) atoms. The number of sulfonamides is 1. The smallest absolute Gasteiger partial charge is 0.267 e. The number of benzene rings is 1. The maximum atomic E-state index is 13.4. The molecule has 0 unspecified atom stereocenters. The number of rotatable bonds is 7. The zero-order chi connectivity index (χ0) is 24.5. The van der Waals surface area contributed by atoms with Gasteiger partial charge in [-0.05, 0) is 47.0 Å².